The Balaban J connectivity index is 1.25. The standard InChI is InChI=1S/C31H41Cl2N3O2/c1-38-29-10-6-5-7-24(29)21-30(37)36-16-14-31(23-36,25-11-12-27(32)28(33)22-25)13-15-34-17-19-35(20-18-34)26-8-3-2-4-9-26/h5-7,10-12,22,26H,2-4,8-9,13-21,23H2,1H3/t31-/m1/s1. The fraction of sp³-hybridized carbons (Fsp3) is 0.581. The molecule has 3 fully saturated rings. The molecule has 1 saturated carbocycles. The third-order valence-corrected chi connectivity index (χ3v) is 9.92. The average molecular weight is 559 g/mol. The highest BCUT2D eigenvalue weighted by molar-refractivity contribution is 6.42. The molecule has 7 heteroatoms. The summed E-state index contributed by atoms with van der Waals surface area (Å²) in [7, 11) is 1.66. The molecular weight excluding hydrogens is 517 g/mol. The second-order valence-corrected chi connectivity index (χ2v) is 12.2. The van der Waals surface area contributed by atoms with E-state index in [-0.39, 0.29) is 11.3 Å². The number of amides is 1. The van der Waals surface area contributed by atoms with Crippen LogP contribution in [0.4, 0.5) is 0 Å². The van der Waals surface area contributed by atoms with Gasteiger partial charge in [-0.25, -0.2) is 0 Å². The molecule has 1 amide bonds. The van der Waals surface area contributed by atoms with E-state index in [2.05, 4.69) is 15.9 Å². The maximum Gasteiger partial charge on any atom is 0.227 e. The van der Waals surface area contributed by atoms with Gasteiger partial charge in [-0.2, -0.15) is 0 Å². The van der Waals surface area contributed by atoms with Crippen LogP contribution < -0.4 is 4.74 Å². The van der Waals surface area contributed by atoms with Crippen molar-refractivity contribution in [2.45, 2.75) is 62.8 Å². The first-order chi connectivity index (χ1) is 18.5. The van der Waals surface area contributed by atoms with Gasteiger partial charge in [-0.1, -0.05) is 66.7 Å². The summed E-state index contributed by atoms with van der Waals surface area (Å²) in [5.74, 6) is 0.917. The lowest BCUT2D eigenvalue weighted by molar-refractivity contribution is -0.129. The maximum absolute atomic E-state index is 13.4. The van der Waals surface area contributed by atoms with Gasteiger partial charge in [0.05, 0.1) is 23.6 Å². The van der Waals surface area contributed by atoms with Crippen molar-refractivity contribution in [2.24, 2.45) is 0 Å². The summed E-state index contributed by atoms with van der Waals surface area (Å²) in [6.45, 7) is 7.11. The molecule has 0 unspecified atom stereocenters. The second kappa shape index (κ2) is 12.6. The fourth-order valence-electron chi connectivity index (χ4n) is 6.79. The van der Waals surface area contributed by atoms with Gasteiger partial charge < -0.3 is 14.5 Å². The van der Waals surface area contributed by atoms with Crippen molar-refractivity contribution in [3.8, 4) is 5.75 Å². The van der Waals surface area contributed by atoms with Crippen molar-refractivity contribution in [1.82, 2.24) is 14.7 Å². The second-order valence-electron chi connectivity index (χ2n) is 11.4. The lowest BCUT2D eigenvalue weighted by Gasteiger charge is -2.42. The summed E-state index contributed by atoms with van der Waals surface area (Å²) in [6, 6.07) is 14.6. The van der Waals surface area contributed by atoms with Gasteiger partial charge in [0.2, 0.25) is 5.91 Å². The quantitative estimate of drug-likeness (QED) is 0.395. The van der Waals surface area contributed by atoms with Crippen molar-refractivity contribution in [3.63, 3.8) is 0 Å². The van der Waals surface area contributed by atoms with Crippen molar-refractivity contribution in [3.05, 3.63) is 63.6 Å². The van der Waals surface area contributed by atoms with Gasteiger partial charge in [-0.3, -0.25) is 9.69 Å². The first-order valence-electron chi connectivity index (χ1n) is 14.3. The van der Waals surface area contributed by atoms with Crippen molar-refractivity contribution in [2.75, 3.05) is 52.9 Å². The highest BCUT2D eigenvalue weighted by atomic mass is 35.5. The Morgan fingerprint density at radius 1 is 0.974 bits per heavy atom. The molecule has 0 aromatic heterocycles. The lowest BCUT2D eigenvalue weighted by Crippen LogP contribution is -2.51. The van der Waals surface area contributed by atoms with Gasteiger partial charge in [0, 0.05) is 56.3 Å². The molecule has 2 aliphatic heterocycles. The van der Waals surface area contributed by atoms with Gasteiger partial charge in [-0.05, 0) is 56.0 Å². The number of ether oxygens (including phenoxy) is 1. The molecule has 0 radical (unpaired) electrons. The Kier molecular flexibility index (Phi) is 9.20. The Hall–Kier alpha value is -1.79. The highest BCUT2D eigenvalue weighted by Gasteiger charge is 2.42. The molecule has 0 spiro atoms. The smallest absolute Gasteiger partial charge is 0.227 e. The predicted octanol–water partition coefficient (Wildman–Crippen LogP) is 6.06. The van der Waals surface area contributed by atoms with E-state index >= 15 is 0 Å². The minimum Gasteiger partial charge on any atom is -0.496 e. The van der Waals surface area contributed by atoms with Crippen LogP contribution in [-0.4, -0.2) is 79.6 Å². The normalized spacial score (nSPS) is 23.6. The largest absolute Gasteiger partial charge is 0.496 e. The third-order valence-electron chi connectivity index (χ3n) is 9.18. The number of halogens is 2. The molecule has 1 atom stereocenters. The summed E-state index contributed by atoms with van der Waals surface area (Å²) >= 11 is 12.8. The maximum atomic E-state index is 13.4. The fourth-order valence-corrected chi connectivity index (χ4v) is 7.09. The molecule has 2 heterocycles. The Morgan fingerprint density at radius 3 is 2.47 bits per heavy atom. The zero-order chi connectivity index (χ0) is 26.5. The van der Waals surface area contributed by atoms with E-state index in [9.17, 15) is 4.79 Å². The Labute approximate surface area is 238 Å². The predicted molar refractivity (Wildman–Crippen MR) is 156 cm³/mol. The van der Waals surface area contributed by atoms with Crippen LogP contribution >= 0.6 is 23.2 Å². The van der Waals surface area contributed by atoms with E-state index in [1.165, 1.54) is 50.8 Å². The zero-order valence-electron chi connectivity index (χ0n) is 22.6. The molecule has 5 rings (SSSR count). The number of carbonyl (C=O) groups excluding carboxylic acids is 1. The summed E-state index contributed by atoms with van der Waals surface area (Å²) < 4.78 is 5.49. The first-order valence-corrected chi connectivity index (χ1v) is 15.0. The van der Waals surface area contributed by atoms with Gasteiger partial charge in [-0.15, -0.1) is 0 Å². The number of hydrogen-bond acceptors (Lipinski definition) is 4. The van der Waals surface area contributed by atoms with E-state index in [0.29, 0.717) is 23.0 Å². The number of carbonyl (C=O) groups is 1. The van der Waals surface area contributed by atoms with Crippen molar-refractivity contribution >= 4 is 29.1 Å². The van der Waals surface area contributed by atoms with E-state index in [1.807, 2.05) is 41.3 Å². The van der Waals surface area contributed by atoms with Gasteiger partial charge in [0.15, 0.2) is 0 Å². The Morgan fingerprint density at radius 2 is 1.74 bits per heavy atom. The molecular formula is C31H41Cl2N3O2. The number of likely N-dealkylation sites (tertiary alicyclic amines) is 1. The minimum atomic E-state index is -0.120. The van der Waals surface area contributed by atoms with E-state index < -0.39 is 0 Å². The van der Waals surface area contributed by atoms with Crippen LogP contribution in [0.2, 0.25) is 10.0 Å². The van der Waals surface area contributed by atoms with Crippen molar-refractivity contribution < 1.29 is 9.53 Å². The van der Waals surface area contributed by atoms with E-state index in [1.54, 1.807) is 7.11 Å². The number of nitrogens with zero attached hydrogens (tertiary/aromatic N) is 3. The van der Waals surface area contributed by atoms with Gasteiger partial charge in [0.1, 0.15) is 5.75 Å². The summed E-state index contributed by atoms with van der Waals surface area (Å²) in [4.78, 5) is 20.8. The zero-order valence-corrected chi connectivity index (χ0v) is 24.2. The van der Waals surface area contributed by atoms with Crippen LogP contribution in [0.1, 0.15) is 56.1 Å². The number of benzene rings is 2. The first kappa shape index (κ1) is 27.8. The van der Waals surface area contributed by atoms with Gasteiger partial charge >= 0.3 is 0 Å². The molecule has 3 aliphatic rings. The number of para-hydroxylation sites is 1. The van der Waals surface area contributed by atoms with Crippen LogP contribution in [0, 0.1) is 0 Å². The molecule has 2 aromatic rings. The minimum absolute atomic E-state index is 0.120. The summed E-state index contributed by atoms with van der Waals surface area (Å²) in [5, 5.41) is 1.16. The van der Waals surface area contributed by atoms with E-state index in [0.717, 1.165) is 56.4 Å². The molecule has 2 saturated heterocycles. The van der Waals surface area contributed by atoms with Crippen LogP contribution in [-0.2, 0) is 16.6 Å². The molecule has 1 aliphatic carbocycles. The Bertz CT molecular complexity index is 1100. The van der Waals surface area contributed by atoms with Crippen LogP contribution in [0.3, 0.4) is 0 Å². The van der Waals surface area contributed by atoms with Gasteiger partial charge in [0.25, 0.3) is 0 Å². The van der Waals surface area contributed by atoms with Crippen LogP contribution in [0.25, 0.3) is 0 Å². The third kappa shape index (κ3) is 6.33. The summed E-state index contributed by atoms with van der Waals surface area (Å²) in [6.07, 6.45) is 9.23. The SMILES string of the molecule is COc1ccccc1CC(=O)N1CC[C@@](CCN2CCN(C3CCCCC3)CC2)(c2ccc(Cl)c(Cl)c2)C1. The molecule has 0 bridgehead atoms. The topological polar surface area (TPSA) is 36.0 Å². The van der Waals surface area contributed by atoms with Crippen LogP contribution in [0.15, 0.2) is 42.5 Å². The molecule has 38 heavy (non-hydrogen) atoms. The number of hydrogen-bond donors (Lipinski definition) is 0. The summed E-state index contributed by atoms with van der Waals surface area (Å²) in [5.41, 5.74) is 2.01. The molecule has 2 aromatic carbocycles. The lowest BCUT2D eigenvalue weighted by atomic mass is 9.76. The average Bonchev–Trinajstić information content (AvgIpc) is 3.40. The number of methoxy groups -OCH3 is 1. The molecule has 206 valence electrons. The molecule has 0 N–H and O–H groups in total. The molecule has 5 nitrogen and oxygen atoms in total. The monoisotopic (exact) mass is 557 g/mol. The number of piperazine rings is 1. The van der Waals surface area contributed by atoms with Crippen LogP contribution in [0.5, 0.6) is 5.75 Å². The van der Waals surface area contributed by atoms with E-state index in [4.69, 9.17) is 27.9 Å². The highest BCUT2D eigenvalue weighted by Crippen LogP contribution is 2.40. The number of rotatable bonds is 8. The van der Waals surface area contributed by atoms with Crippen molar-refractivity contribution in [1.29, 1.82) is 0 Å².